The summed E-state index contributed by atoms with van der Waals surface area (Å²) in [5.41, 5.74) is 5.04. The molecule has 19 heavy (non-hydrogen) atoms. The van der Waals surface area contributed by atoms with Gasteiger partial charge in [0.15, 0.2) is 0 Å². The molecule has 0 heterocycles. The Balaban J connectivity index is 1.97. The lowest BCUT2D eigenvalue weighted by Crippen LogP contribution is -2.14. The molecule has 1 heteroatoms. The zero-order chi connectivity index (χ0) is 13.7. The molecule has 2 rings (SSSR count). The van der Waals surface area contributed by atoms with Gasteiger partial charge in [0.05, 0.1) is 6.10 Å². The molecule has 0 bridgehead atoms. The zero-order valence-electron chi connectivity index (χ0n) is 11.8. The summed E-state index contributed by atoms with van der Waals surface area (Å²) < 4.78 is 0. The fourth-order valence-corrected chi connectivity index (χ4v) is 2.35. The Bertz CT molecular complexity index is 513. The number of hydrogen-bond donors (Lipinski definition) is 1. The van der Waals surface area contributed by atoms with Crippen molar-refractivity contribution in [2.45, 2.75) is 39.2 Å². The molecule has 1 nitrogen and oxygen atoms in total. The van der Waals surface area contributed by atoms with Gasteiger partial charge in [-0.25, -0.2) is 0 Å². The van der Waals surface area contributed by atoms with Crippen LogP contribution in [0.3, 0.4) is 0 Å². The van der Waals surface area contributed by atoms with E-state index in [1.807, 2.05) is 12.1 Å². The van der Waals surface area contributed by atoms with E-state index >= 15 is 0 Å². The van der Waals surface area contributed by atoms with E-state index in [2.05, 4.69) is 50.2 Å². The van der Waals surface area contributed by atoms with Crippen LogP contribution in [0.5, 0.6) is 0 Å². The van der Waals surface area contributed by atoms with Crippen LogP contribution in [0.25, 0.3) is 0 Å². The Morgan fingerprint density at radius 1 is 0.895 bits per heavy atom. The Hall–Kier alpha value is -1.60. The third-order valence-corrected chi connectivity index (χ3v) is 3.62. The number of aliphatic hydroxyl groups is 1. The summed E-state index contributed by atoms with van der Waals surface area (Å²) in [6, 6.07) is 16.8. The second-order valence-corrected chi connectivity index (χ2v) is 5.16. The monoisotopic (exact) mass is 254 g/mol. The highest BCUT2D eigenvalue weighted by molar-refractivity contribution is 5.27. The molecule has 0 amide bonds. The van der Waals surface area contributed by atoms with Crippen LogP contribution in [0, 0.1) is 6.92 Å². The molecule has 1 unspecified atom stereocenters. The summed E-state index contributed by atoms with van der Waals surface area (Å²) in [7, 11) is 0. The van der Waals surface area contributed by atoms with Gasteiger partial charge in [0.25, 0.3) is 0 Å². The van der Waals surface area contributed by atoms with Crippen LogP contribution < -0.4 is 0 Å². The van der Waals surface area contributed by atoms with Crippen molar-refractivity contribution in [2.75, 3.05) is 0 Å². The molecule has 0 radical (unpaired) electrons. The molecule has 0 saturated carbocycles. The second-order valence-electron chi connectivity index (χ2n) is 5.16. The minimum atomic E-state index is -0.312. The SMILES string of the molecule is CCc1ccc(CC(O)Cc2ccccc2C)cc1. The van der Waals surface area contributed by atoms with E-state index in [0.29, 0.717) is 0 Å². The van der Waals surface area contributed by atoms with Gasteiger partial charge in [-0.1, -0.05) is 55.5 Å². The number of rotatable bonds is 5. The van der Waals surface area contributed by atoms with Crippen molar-refractivity contribution in [3.63, 3.8) is 0 Å². The Morgan fingerprint density at radius 3 is 2.16 bits per heavy atom. The van der Waals surface area contributed by atoms with Crippen molar-refractivity contribution in [1.29, 1.82) is 0 Å². The highest BCUT2D eigenvalue weighted by atomic mass is 16.3. The highest BCUT2D eigenvalue weighted by Gasteiger charge is 2.08. The number of hydrogen-bond acceptors (Lipinski definition) is 1. The van der Waals surface area contributed by atoms with E-state index in [1.54, 1.807) is 0 Å². The van der Waals surface area contributed by atoms with Crippen LogP contribution >= 0.6 is 0 Å². The molecular weight excluding hydrogens is 232 g/mol. The molecule has 0 spiro atoms. The van der Waals surface area contributed by atoms with Crippen molar-refractivity contribution < 1.29 is 5.11 Å². The zero-order valence-corrected chi connectivity index (χ0v) is 11.8. The van der Waals surface area contributed by atoms with Crippen LogP contribution in [-0.4, -0.2) is 11.2 Å². The van der Waals surface area contributed by atoms with Crippen molar-refractivity contribution >= 4 is 0 Å². The van der Waals surface area contributed by atoms with Crippen LogP contribution in [-0.2, 0) is 19.3 Å². The Kier molecular flexibility index (Phi) is 4.75. The summed E-state index contributed by atoms with van der Waals surface area (Å²) in [5.74, 6) is 0. The van der Waals surface area contributed by atoms with Gasteiger partial charge >= 0.3 is 0 Å². The fourth-order valence-electron chi connectivity index (χ4n) is 2.35. The van der Waals surface area contributed by atoms with Gasteiger partial charge in [-0.05, 0) is 48.4 Å². The van der Waals surface area contributed by atoms with Gasteiger partial charge in [-0.15, -0.1) is 0 Å². The van der Waals surface area contributed by atoms with E-state index in [-0.39, 0.29) is 6.10 Å². The summed E-state index contributed by atoms with van der Waals surface area (Å²) in [5, 5.41) is 10.2. The molecule has 2 aromatic rings. The van der Waals surface area contributed by atoms with Gasteiger partial charge in [0.2, 0.25) is 0 Å². The summed E-state index contributed by atoms with van der Waals surface area (Å²) in [4.78, 5) is 0. The Morgan fingerprint density at radius 2 is 1.53 bits per heavy atom. The predicted octanol–water partition coefficient (Wildman–Crippen LogP) is 3.70. The minimum absolute atomic E-state index is 0.312. The maximum atomic E-state index is 10.2. The quantitative estimate of drug-likeness (QED) is 0.862. The third kappa shape index (κ3) is 3.93. The molecule has 0 aliphatic rings. The topological polar surface area (TPSA) is 20.2 Å². The molecule has 0 saturated heterocycles. The van der Waals surface area contributed by atoms with Crippen LogP contribution in [0.1, 0.15) is 29.2 Å². The van der Waals surface area contributed by atoms with E-state index in [4.69, 9.17) is 0 Å². The normalized spacial score (nSPS) is 12.4. The maximum absolute atomic E-state index is 10.2. The summed E-state index contributed by atoms with van der Waals surface area (Å²) >= 11 is 0. The smallest absolute Gasteiger partial charge is 0.0620 e. The molecule has 100 valence electrons. The van der Waals surface area contributed by atoms with E-state index in [0.717, 1.165) is 19.3 Å². The second kappa shape index (κ2) is 6.53. The number of benzene rings is 2. The summed E-state index contributed by atoms with van der Waals surface area (Å²) in [6.45, 7) is 4.25. The van der Waals surface area contributed by atoms with E-state index in [1.165, 1.54) is 22.3 Å². The third-order valence-electron chi connectivity index (χ3n) is 3.62. The number of aryl methyl sites for hydroxylation is 2. The number of aliphatic hydroxyl groups excluding tert-OH is 1. The van der Waals surface area contributed by atoms with Gasteiger partial charge in [0, 0.05) is 0 Å². The first kappa shape index (κ1) is 13.8. The van der Waals surface area contributed by atoms with E-state index in [9.17, 15) is 5.11 Å². The lowest BCUT2D eigenvalue weighted by Gasteiger charge is -2.13. The molecule has 0 aromatic heterocycles. The molecule has 1 atom stereocenters. The van der Waals surface area contributed by atoms with Gasteiger partial charge < -0.3 is 5.11 Å². The van der Waals surface area contributed by atoms with Crippen molar-refractivity contribution in [3.8, 4) is 0 Å². The molecule has 0 aliphatic carbocycles. The van der Waals surface area contributed by atoms with E-state index < -0.39 is 0 Å². The average Bonchev–Trinajstić information content (AvgIpc) is 2.42. The highest BCUT2D eigenvalue weighted by Crippen LogP contribution is 2.13. The first-order valence-corrected chi connectivity index (χ1v) is 6.99. The largest absolute Gasteiger partial charge is 0.392 e. The van der Waals surface area contributed by atoms with Crippen LogP contribution in [0.2, 0.25) is 0 Å². The average molecular weight is 254 g/mol. The summed E-state index contributed by atoms with van der Waals surface area (Å²) in [6.07, 6.45) is 2.20. The first-order valence-electron chi connectivity index (χ1n) is 6.99. The van der Waals surface area contributed by atoms with Gasteiger partial charge in [0.1, 0.15) is 0 Å². The first-order chi connectivity index (χ1) is 9.19. The fraction of sp³-hybridized carbons (Fsp3) is 0.333. The predicted molar refractivity (Wildman–Crippen MR) is 80.4 cm³/mol. The van der Waals surface area contributed by atoms with Crippen LogP contribution in [0.15, 0.2) is 48.5 Å². The van der Waals surface area contributed by atoms with Gasteiger partial charge in [-0.3, -0.25) is 0 Å². The van der Waals surface area contributed by atoms with Crippen molar-refractivity contribution in [2.24, 2.45) is 0 Å². The van der Waals surface area contributed by atoms with Crippen molar-refractivity contribution in [3.05, 3.63) is 70.8 Å². The maximum Gasteiger partial charge on any atom is 0.0620 e. The molecular formula is C18H22O. The van der Waals surface area contributed by atoms with Gasteiger partial charge in [-0.2, -0.15) is 0 Å². The lowest BCUT2D eigenvalue weighted by atomic mass is 9.98. The van der Waals surface area contributed by atoms with Crippen LogP contribution in [0.4, 0.5) is 0 Å². The standard InChI is InChI=1S/C18H22O/c1-3-15-8-10-16(11-9-15)12-18(19)13-17-7-5-4-6-14(17)2/h4-11,18-19H,3,12-13H2,1-2H3. The molecule has 2 aromatic carbocycles. The van der Waals surface area contributed by atoms with Crippen molar-refractivity contribution in [1.82, 2.24) is 0 Å². The molecule has 0 aliphatic heterocycles. The lowest BCUT2D eigenvalue weighted by molar-refractivity contribution is 0.175. The minimum Gasteiger partial charge on any atom is -0.392 e. The molecule has 0 fully saturated rings. The molecule has 1 N–H and O–H groups in total. The Labute approximate surface area is 115 Å².